The number of esters is 4. The summed E-state index contributed by atoms with van der Waals surface area (Å²) in [6.45, 7) is 4.17. The first kappa shape index (κ1) is 28.9. The van der Waals surface area contributed by atoms with Crippen LogP contribution in [0.2, 0.25) is 0 Å². The first-order valence-electron chi connectivity index (χ1n) is 10.6. The van der Waals surface area contributed by atoms with E-state index in [1.54, 1.807) is 7.05 Å². The summed E-state index contributed by atoms with van der Waals surface area (Å²) in [4.78, 5) is 51.2. The van der Waals surface area contributed by atoms with Crippen LogP contribution in [0.5, 0.6) is 0 Å². The molecule has 3 atom stereocenters. The van der Waals surface area contributed by atoms with Gasteiger partial charge in [0.1, 0.15) is 6.61 Å². The standard InChI is InChI=1S/C23H26BrN3O8S/c1-13(28)32-11-21(34-15(3)30)22(35-16(4)31)20(33-14(2)29)10-25-27(5)23-26-19(12-36-23)17-6-8-18(24)9-7-17/h6-10,12,20-22H,11H2,1-5H3/b25-10+/t20-,21-,22+/m0/s1. The topological polar surface area (TPSA) is 134 Å². The van der Waals surface area contributed by atoms with Crippen molar-refractivity contribution >= 4 is 62.5 Å². The fourth-order valence-electron chi connectivity index (χ4n) is 2.91. The second-order valence-corrected chi connectivity index (χ2v) is 9.16. The molecule has 0 saturated heterocycles. The van der Waals surface area contributed by atoms with Crippen molar-refractivity contribution in [2.75, 3.05) is 18.7 Å². The van der Waals surface area contributed by atoms with E-state index in [0.29, 0.717) is 5.13 Å². The third-order valence-corrected chi connectivity index (χ3v) is 5.79. The number of hydrazone groups is 1. The van der Waals surface area contributed by atoms with Crippen LogP contribution < -0.4 is 5.01 Å². The second kappa shape index (κ2) is 13.7. The number of hydrogen-bond donors (Lipinski definition) is 0. The predicted molar refractivity (Wildman–Crippen MR) is 135 cm³/mol. The van der Waals surface area contributed by atoms with E-state index >= 15 is 0 Å². The van der Waals surface area contributed by atoms with Crippen LogP contribution in [0.25, 0.3) is 11.3 Å². The van der Waals surface area contributed by atoms with Crippen LogP contribution in [0.3, 0.4) is 0 Å². The van der Waals surface area contributed by atoms with Gasteiger partial charge < -0.3 is 18.9 Å². The molecule has 13 heteroatoms. The number of carbonyl (C=O) groups is 4. The largest absolute Gasteiger partial charge is 0.462 e. The second-order valence-electron chi connectivity index (χ2n) is 7.41. The van der Waals surface area contributed by atoms with Crippen LogP contribution in [-0.2, 0) is 38.1 Å². The lowest BCUT2D eigenvalue weighted by Crippen LogP contribution is -2.48. The fraction of sp³-hybridized carbons (Fsp3) is 0.391. The van der Waals surface area contributed by atoms with Crippen LogP contribution in [0, 0.1) is 0 Å². The summed E-state index contributed by atoms with van der Waals surface area (Å²) in [5.74, 6) is -2.80. The predicted octanol–water partition coefficient (Wildman–Crippen LogP) is 3.35. The average molecular weight is 584 g/mol. The van der Waals surface area contributed by atoms with Crippen molar-refractivity contribution in [3.8, 4) is 11.3 Å². The molecule has 0 aliphatic carbocycles. The Kier molecular flexibility index (Phi) is 11.0. The van der Waals surface area contributed by atoms with Gasteiger partial charge in [-0.05, 0) is 12.1 Å². The molecule has 0 aliphatic rings. The zero-order valence-electron chi connectivity index (χ0n) is 20.3. The molecule has 0 unspecified atom stereocenters. The van der Waals surface area contributed by atoms with Crippen molar-refractivity contribution in [2.45, 2.75) is 46.0 Å². The quantitative estimate of drug-likeness (QED) is 0.168. The number of thiazole rings is 1. The van der Waals surface area contributed by atoms with Gasteiger partial charge in [-0.1, -0.05) is 28.1 Å². The minimum absolute atomic E-state index is 0.433. The number of nitrogens with zero attached hydrogens (tertiary/aromatic N) is 3. The third-order valence-electron chi connectivity index (χ3n) is 4.36. The summed E-state index contributed by atoms with van der Waals surface area (Å²) in [5.41, 5.74) is 1.66. The van der Waals surface area contributed by atoms with E-state index in [9.17, 15) is 19.2 Å². The molecule has 0 aliphatic heterocycles. The van der Waals surface area contributed by atoms with Gasteiger partial charge in [0.05, 0.1) is 11.9 Å². The summed E-state index contributed by atoms with van der Waals surface area (Å²) in [5, 5.41) is 8.13. The van der Waals surface area contributed by atoms with Crippen molar-refractivity contribution in [3.05, 3.63) is 34.1 Å². The van der Waals surface area contributed by atoms with Crippen LogP contribution in [0.1, 0.15) is 27.7 Å². The smallest absolute Gasteiger partial charge is 0.303 e. The molecule has 0 amide bonds. The molecule has 1 heterocycles. The van der Waals surface area contributed by atoms with E-state index in [1.807, 2.05) is 29.6 Å². The summed E-state index contributed by atoms with van der Waals surface area (Å²) in [7, 11) is 1.63. The molecule has 0 saturated carbocycles. The van der Waals surface area contributed by atoms with E-state index in [0.717, 1.165) is 36.5 Å². The maximum Gasteiger partial charge on any atom is 0.303 e. The maximum atomic E-state index is 11.8. The Morgan fingerprint density at radius 1 is 1.00 bits per heavy atom. The number of carbonyl (C=O) groups excluding carboxylic acids is 4. The summed E-state index contributed by atoms with van der Waals surface area (Å²) < 4.78 is 21.7. The zero-order chi connectivity index (χ0) is 26.8. The molecule has 36 heavy (non-hydrogen) atoms. The van der Waals surface area contributed by atoms with Crippen LogP contribution in [-0.4, -0.2) is 67.0 Å². The monoisotopic (exact) mass is 583 g/mol. The van der Waals surface area contributed by atoms with Gasteiger partial charge in [0.2, 0.25) is 5.13 Å². The number of anilines is 1. The lowest BCUT2D eigenvalue weighted by atomic mass is 10.1. The van der Waals surface area contributed by atoms with Crippen LogP contribution in [0.4, 0.5) is 5.13 Å². The number of hydrogen-bond acceptors (Lipinski definition) is 12. The van der Waals surface area contributed by atoms with Crippen molar-refractivity contribution in [3.63, 3.8) is 0 Å². The number of benzene rings is 1. The van der Waals surface area contributed by atoms with Crippen molar-refractivity contribution in [2.24, 2.45) is 5.10 Å². The molecule has 0 spiro atoms. The van der Waals surface area contributed by atoms with Crippen molar-refractivity contribution in [1.82, 2.24) is 4.98 Å². The molecule has 1 aromatic heterocycles. The molecule has 0 bridgehead atoms. The highest BCUT2D eigenvalue weighted by molar-refractivity contribution is 9.10. The molecule has 2 rings (SSSR count). The van der Waals surface area contributed by atoms with E-state index in [2.05, 4.69) is 26.0 Å². The van der Waals surface area contributed by atoms with Gasteiger partial charge in [0.25, 0.3) is 0 Å². The van der Waals surface area contributed by atoms with Crippen molar-refractivity contribution in [1.29, 1.82) is 0 Å². The minimum atomic E-state index is -1.35. The van der Waals surface area contributed by atoms with Gasteiger partial charge >= 0.3 is 23.9 Å². The van der Waals surface area contributed by atoms with Gasteiger partial charge in [-0.25, -0.2) is 9.99 Å². The molecule has 194 valence electrons. The zero-order valence-corrected chi connectivity index (χ0v) is 22.7. The van der Waals surface area contributed by atoms with Crippen LogP contribution >= 0.6 is 27.3 Å². The van der Waals surface area contributed by atoms with Crippen LogP contribution in [0.15, 0.2) is 39.2 Å². The summed E-state index contributed by atoms with van der Waals surface area (Å²) >= 11 is 4.74. The Bertz CT molecular complexity index is 1110. The number of rotatable bonds is 11. The van der Waals surface area contributed by atoms with E-state index in [1.165, 1.54) is 29.5 Å². The SMILES string of the molecule is CC(=O)OC[C@H](OC(C)=O)[C@H](OC(C)=O)[C@H](/C=N/N(C)c1nc(-c2ccc(Br)cc2)cs1)OC(C)=O. The highest BCUT2D eigenvalue weighted by Crippen LogP contribution is 2.28. The van der Waals surface area contributed by atoms with Gasteiger partial charge in [-0.2, -0.15) is 5.10 Å². The van der Waals surface area contributed by atoms with E-state index in [-0.39, 0.29) is 0 Å². The van der Waals surface area contributed by atoms with E-state index in [4.69, 9.17) is 18.9 Å². The maximum absolute atomic E-state index is 11.8. The molecule has 0 radical (unpaired) electrons. The lowest BCUT2D eigenvalue weighted by molar-refractivity contribution is -0.183. The third kappa shape index (κ3) is 9.38. The fourth-order valence-corrected chi connectivity index (χ4v) is 3.93. The first-order valence-corrected chi connectivity index (χ1v) is 12.3. The molecular formula is C23H26BrN3O8S. The Morgan fingerprint density at radius 3 is 2.17 bits per heavy atom. The summed E-state index contributed by atoms with van der Waals surface area (Å²) in [6.07, 6.45) is -2.67. The van der Waals surface area contributed by atoms with Crippen molar-refractivity contribution < 1.29 is 38.1 Å². The summed E-state index contributed by atoms with van der Waals surface area (Å²) in [6, 6.07) is 7.66. The average Bonchev–Trinajstić information content (AvgIpc) is 3.28. The lowest BCUT2D eigenvalue weighted by Gasteiger charge is -2.30. The molecule has 11 nitrogen and oxygen atoms in total. The Balaban J connectivity index is 2.31. The molecule has 2 aromatic rings. The van der Waals surface area contributed by atoms with Gasteiger partial charge in [0.15, 0.2) is 18.3 Å². The number of aromatic nitrogens is 1. The Labute approximate surface area is 220 Å². The highest BCUT2D eigenvalue weighted by Gasteiger charge is 2.37. The molecule has 0 fully saturated rings. The first-order chi connectivity index (χ1) is 17.0. The van der Waals surface area contributed by atoms with Gasteiger partial charge in [-0.15, -0.1) is 11.3 Å². The number of ether oxygens (including phenoxy) is 4. The Morgan fingerprint density at radius 2 is 1.61 bits per heavy atom. The van der Waals surface area contributed by atoms with E-state index < -0.39 is 48.8 Å². The minimum Gasteiger partial charge on any atom is -0.462 e. The molecule has 0 N–H and O–H groups in total. The van der Waals surface area contributed by atoms with Gasteiger partial charge in [-0.3, -0.25) is 19.2 Å². The normalized spacial score (nSPS) is 13.4. The highest BCUT2D eigenvalue weighted by atomic mass is 79.9. The van der Waals surface area contributed by atoms with Gasteiger partial charge in [0, 0.05) is 50.2 Å². The Hall–Kier alpha value is -3.32. The molecule has 1 aromatic carbocycles. The number of halogens is 1. The molecular weight excluding hydrogens is 558 g/mol.